The van der Waals surface area contributed by atoms with E-state index in [0.29, 0.717) is 5.82 Å². The van der Waals surface area contributed by atoms with Crippen LogP contribution in [-0.2, 0) is 11.8 Å². The number of carbonyl (C=O) groups is 2. The minimum absolute atomic E-state index is 0.199. The maximum atomic E-state index is 11.8. The average Bonchev–Trinajstić information content (AvgIpc) is 2.59. The molecule has 0 aliphatic rings. The van der Waals surface area contributed by atoms with Crippen molar-refractivity contribution in [3.63, 3.8) is 0 Å². The third kappa shape index (κ3) is 3.78. The number of carbonyl (C=O) groups excluding carboxylic acids is 1. The van der Waals surface area contributed by atoms with Gasteiger partial charge < -0.3 is 10.0 Å². The van der Waals surface area contributed by atoms with Gasteiger partial charge in [-0.25, -0.2) is 4.79 Å². The molecule has 0 fully saturated rings. The Morgan fingerprint density at radius 2 is 2.24 bits per heavy atom. The summed E-state index contributed by atoms with van der Waals surface area (Å²) >= 11 is 0. The molecule has 94 valence electrons. The molecule has 0 aliphatic heterocycles. The summed E-state index contributed by atoms with van der Waals surface area (Å²) < 4.78 is 1.55. The molecule has 1 rings (SSSR count). The minimum atomic E-state index is -1.05. The predicted octanol–water partition coefficient (Wildman–Crippen LogP) is 0.747. The third-order valence-electron chi connectivity index (χ3n) is 2.14. The first-order valence-corrected chi connectivity index (χ1v) is 5.19. The number of nitrogens with zero attached hydrogens (tertiary/aromatic N) is 3. The Morgan fingerprint density at radius 1 is 1.59 bits per heavy atom. The molecule has 0 radical (unpaired) electrons. The number of amides is 2. The van der Waals surface area contributed by atoms with Crippen LogP contribution in [0.15, 0.2) is 12.3 Å². The van der Waals surface area contributed by atoms with Gasteiger partial charge in [-0.05, 0) is 13.8 Å². The Balaban J connectivity index is 2.68. The van der Waals surface area contributed by atoms with Gasteiger partial charge in [-0.3, -0.25) is 14.8 Å². The summed E-state index contributed by atoms with van der Waals surface area (Å²) in [4.78, 5) is 23.7. The number of rotatable bonds is 4. The second-order valence-corrected chi connectivity index (χ2v) is 3.92. The van der Waals surface area contributed by atoms with Gasteiger partial charge in [0.05, 0.1) is 0 Å². The Hall–Kier alpha value is -2.05. The van der Waals surface area contributed by atoms with Crippen LogP contribution in [0.3, 0.4) is 0 Å². The van der Waals surface area contributed by atoms with Crippen LogP contribution in [0.2, 0.25) is 0 Å². The molecule has 2 N–H and O–H groups in total. The summed E-state index contributed by atoms with van der Waals surface area (Å²) in [6.07, 6.45) is 1.69. The van der Waals surface area contributed by atoms with Crippen LogP contribution in [-0.4, -0.2) is 44.4 Å². The lowest BCUT2D eigenvalue weighted by molar-refractivity contribution is -0.137. The van der Waals surface area contributed by atoms with Crippen LogP contribution in [0.5, 0.6) is 0 Å². The zero-order chi connectivity index (χ0) is 13.0. The highest BCUT2D eigenvalue weighted by Gasteiger charge is 2.20. The molecule has 1 heterocycles. The zero-order valence-electron chi connectivity index (χ0n) is 10.0. The van der Waals surface area contributed by atoms with Crippen LogP contribution in [0.1, 0.15) is 13.8 Å². The van der Waals surface area contributed by atoms with E-state index < -0.39 is 12.0 Å². The van der Waals surface area contributed by atoms with Gasteiger partial charge in [0.1, 0.15) is 6.54 Å². The van der Waals surface area contributed by atoms with Gasteiger partial charge in [-0.15, -0.1) is 0 Å². The summed E-state index contributed by atoms with van der Waals surface area (Å²) in [6.45, 7) is 3.16. The molecular weight excluding hydrogens is 224 g/mol. The average molecular weight is 240 g/mol. The number of aryl methyl sites for hydroxylation is 1. The Bertz CT molecular complexity index is 413. The maximum absolute atomic E-state index is 11.8. The first-order chi connectivity index (χ1) is 7.90. The summed E-state index contributed by atoms with van der Waals surface area (Å²) in [6, 6.07) is 0.966. The van der Waals surface area contributed by atoms with E-state index in [0.717, 1.165) is 0 Å². The molecule has 1 aromatic rings. The molecule has 7 heteroatoms. The molecule has 0 saturated heterocycles. The van der Waals surface area contributed by atoms with E-state index in [4.69, 9.17) is 5.11 Å². The lowest BCUT2D eigenvalue weighted by atomic mass is 10.3. The molecule has 0 bridgehead atoms. The van der Waals surface area contributed by atoms with Crippen LogP contribution in [0.4, 0.5) is 10.6 Å². The molecule has 0 aliphatic carbocycles. The number of nitrogens with one attached hydrogen (secondary N) is 1. The molecule has 0 spiro atoms. The molecule has 7 nitrogen and oxygen atoms in total. The number of anilines is 1. The number of aromatic nitrogens is 2. The first kappa shape index (κ1) is 13.0. The van der Waals surface area contributed by atoms with Crippen molar-refractivity contribution in [3.8, 4) is 0 Å². The summed E-state index contributed by atoms with van der Waals surface area (Å²) in [5.74, 6) is -0.650. The van der Waals surface area contributed by atoms with Gasteiger partial charge in [-0.1, -0.05) is 0 Å². The molecule has 0 aromatic carbocycles. The van der Waals surface area contributed by atoms with Crippen LogP contribution < -0.4 is 5.32 Å². The smallest absolute Gasteiger partial charge is 0.323 e. The van der Waals surface area contributed by atoms with Crippen molar-refractivity contribution in [1.29, 1.82) is 0 Å². The fraction of sp³-hybridized carbons (Fsp3) is 0.500. The van der Waals surface area contributed by atoms with E-state index in [9.17, 15) is 9.59 Å². The van der Waals surface area contributed by atoms with Crippen molar-refractivity contribution in [1.82, 2.24) is 14.7 Å². The molecule has 17 heavy (non-hydrogen) atoms. The Morgan fingerprint density at radius 3 is 2.65 bits per heavy atom. The lowest BCUT2D eigenvalue weighted by Crippen LogP contribution is -2.43. The number of hydrogen-bond acceptors (Lipinski definition) is 3. The zero-order valence-corrected chi connectivity index (χ0v) is 10.0. The van der Waals surface area contributed by atoms with E-state index in [2.05, 4.69) is 10.4 Å². The fourth-order valence-electron chi connectivity index (χ4n) is 1.30. The maximum Gasteiger partial charge on any atom is 0.323 e. The van der Waals surface area contributed by atoms with Crippen molar-refractivity contribution in [2.45, 2.75) is 19.9 Å². The summed E-state index contributed by atoms with van der Waals surface area (Å²) in [5, 5.41) is 15.2. The van der Waals surface area contributed by atoms with Gasteiger partial charge in [0, 0.05) is 25.4 Å². The number of carboxylic acid groups (broad SMARTS) is 1. The lowest BCUT2D eigenvalue weighted by Gasteiger charge is -2.24. The van der Waals surface area contributed by atoms with Gasteiger partial charge in [-0.2, -0.15) is 5.10 Å². The second kappa shape index (κ2) is 5.33. The topological polar surface area (TPSA) is 87.5 Å². The normalized spacial score (nSPS) is 10.4. The number of aliphatic carboxylic acids is 1. The Labute approximate surface area is 99.0 Å². The standard InChI is InChI=1S/C10H16N4O3/c1-7(2)14(6-9(15)16)10(17)11-8-4-5-13(3)12-8/h4-5,7H,6H2,1-3H3,(H,15,16)(H,11,12,17). The predicted molar refractivity (Wildman–Crippen MR) is 61.7 cm³/mol. The van der Waals surface area contributed by atoms with E-state index in [1.165, 1.54) is 4.90 Å². The number of hydrogen-bond donors (Lipinski definition) is 2. The molecule has 0 unspecified atom stereocenters. The van der Waals surface area contributed by atoms with Crippen LogP contribution in [0.25, 0.3) is 0 Å². The molecule has 0 saturated carbocycles. The molecular formula is C10H16N4O3. The highest BCUT2D eigenvalue weighted by Crippen LogP contribution is 2.05. The highest BCUT2D eigenvalue weighted by molar-refractivity contribution is 5.90. The van der Waals surface area contributed by atoms with Crippen molar-refractivity contribution in [3.05, 3.63) is 12.3 Å². The fourth-order valence-corrected chi connectivity index (χ4v) is 1.30. The van der Waals surface area contributed by atoms with E-state index in [1.54, 1.807) is 37.8 Å². The number of carboxylic acids is 1. The third-order valence-corrected chi connectivity index (χ3v) is 2.14. The van der Waals surface area contributed by atoms with Gasteiger partial charge >= 0.3 is 12.0 Å². The SMILES string of the molecule is CC(C)N(CC(=O)O)C(=O)Nc1ccn(C)n1. The summed E-state index contributed by atoms with van der Waals surface area (Å²) in [7, 11) is 1.73. The van der Waals surface area contributed by atoms with Gasteiger partial charge in [0.2, 0.25) is 0 Å². The molecule has 0 atom stereocenters. The van der Waals surface area contributed by atoms with Crippen molar-refractivity contribution in [2.75, 3.05) is 11.9 Å². The van der Waals surface area contributed by atoms with E-state index in [1.807, 2.05) is 0 Å². The second-order valence-electron chi connectivity index (χ2n) is 3.92. The van der Waals surface area contributed by atoms with Crippen molar-refractivity contribution < 1.29 is 14.7 Å². The van der Waals surface area contributed by atoms with Crippen LogP contribution >= 0.6 is 0 Å². The van der Waals surface area contributed by atoms with Gasteiger partial charge in [0.15, 0.2) is 5.82 Å². The van der Waals surface area contributed by atoms with Crippen molar-refractivity contribution in [2.24, 2.45) is 7.05 Å². The highest BCUT2D eigenvalue weighted by atomic mass is 16.4. The molecule has 1 aromatic heterocycles. The van der Waals surface area contributed by atoms with Gasteiger partial charge in [0.25, 0.3) is 0 Å². The molecule has 2 amide bonds. The monoisotopic (exact) mass is 240 g/mol. The van der Waals surface area contributed by atoms with Crippen molar-refractivity contribution >= 4 is 17.8 Å². The summed E-state index contributed by atoms with van der Waals surface area (Å²) in [5.41, 5.74) is 0. The van der Waals surface area contributed by atoms with E-state index in [-0.39, 0.29) is 12.6 Å². The largest absolute Gasteiger partial charge is 0.480 e. The minimum Gasteiger partial charge on any atom is -0.480 e. The van der Waals surface area contributed by atoms with E-state index >= 15 is 0 Å². The first-order valence-electron chi connectivity index (χ1n) is 5.19. The number of urea groups is 1. The quantitative estimate of drug-likeness (QED) is 0.812. The Kier molecular flexibility index (Phi) is 4.08. The van der Waals surface area contributed by atoms with Crippen LogP contribution in [0, 0.1) is 0 Å².